The van der Waals surface area contributed by atoms with Crippen molar-refractivity contribution in [1.29, 1.82) is 0 Å². The van der Waals surface area contributed by atoms with Gasteiger partial charge in [-0.15, -0.1) is 0 Å². The molecule has 4 atom stereocenters. The third-order valence-corrected chi connectivity index (χ3v) is 6.71. The lowest BCUT2D eigenvalue weighted by atomic mass is 9.81. The fourth-order valence-corrected chi connectivity index (χ4v) is 5.32. The van der Waals surface area contributed by atoms with Crippen LogP contribution in [0.1, 0.15) is 31.2 Å². The van der Waals surface area contributed by atoms with E-state index in [4.69, 9.17) is 4.74 Å². The SMILES string of the molecule is Cc1cccc(NC(=O)CN2C(=O)N(c3ccccc3)C(=O)C3OC4CCCCC4C32)c1. The van der Waals surface area contributed by atoms with Crippen LogP contribution in [0.25, 0.3) is 0 Å². The van der Waals surface area contributed by atoms with E-state index in [1.165, 1.54) is 4.90 Å². The number of benzene rings is 2. The molecule has 0 aromatic heterocycles. The maximum Gasteiger partial charge on any atom is 0.332 e. The summed E-state index contributed by atoms with van der Waals surface area (Å²) in [6, 6.07) is 15.5. The van der Waals surface area contributed by atoms with Crippen molar-refractivity contribution >= 4 is 29.2 Å². The summed E-state index contributed by atoms with van der Waals surface area (Å²) in [5, 5.41) is 2.89. The number of para-hydroxylation sites is 1. The van der Waals surface area contributed by atoms with Crippen LogP contribution >= 0.6 is 0 Å². The number of hydrogen-bond donors (Lipinski definition) is 1. The first kappa shape index (κ1) is 20.7. The number of rotatable bonds is 4. The van der Waals surface area contributed by atoms with Crippen molar-refractivity contribution in [3.05, 3.63) is 60.2 Å². The van der Waals surface area contributed by atoms with Gasteiger partial charge in [-0.1, -0.05) is 43.2 Å². The minimum absolute atomic E-state index is 0.0476. The zero-order valence-corrected chi connectivity index (χ0v) is 18.1. The lowest BCUT2D eigenvalue weighted by Gasteiger charge is -2.42. The normalized spacial score (nSPS) is 27.2. The number of anilines is 2. The van der Waals surface area contributed by atoms with Crippen LogP contribution in [0.5, 0.6) is 0 Å². The molecule has 0 radical (unpaired) electrons. The molecule has 2 aromatic rings. The maximum absolute atomic E-state index is 13.6. The van der Waals surface area contributed by atoms with Gasteiger partial charge in [0, 0.05) is 11.6 Å². The Morgan fingerprint density at radius 1 is 1.06 bits per heavy atom. The molecule has 2 aliphatic heterocycles. The van der Waals surface area contributed by atoms with Crippen LogP contribution in [0.15, 0.2) is 54.6 Å². The molecule has 0 bridgehead atoms. The van der Waals surface area contributed by atoms with Gasteiger partial charge in [-0.2, -0.15) is 0 Å². The van der Waals surface area contributed by atoms with Gasteiger partial charge in [0.05, 0.1) is 17.8 Å². The standard InChI is InChI=1S/C25H27N3O4/c1-16-8-7-9-17(14-16)26-21(29)15-27-22-19-12-5-6-13-20(19)32-23(22)24(30)28(25(27)31)18-10-3-2-4-11-18/h2-4,7-11,14,19-20,22-23H,5-6,12-13,15H2,1H3,(H,26,29). The quantitative estimate of drug-likeness (QED) is 0.797. The van der Waals surface area contributed by atoms with Crippen LogP contribution in [0.4, 0.5) is 16.2 Å². The number of fused-ring (bicyclic) bond motifs is 3. The van der Waals surface area contributed by atoms with Crippen molar-refractivity contribution in [2.75, 3.05) is 16.8 Å². The van der Waals surface area contributed by atoms with Gasteiger partial charge in [-0.3, -0.25) is 9.59 Å². The average Bonchev–Trinajstić information content (AvgIpc) is 3.17. The zero-order valence-electron chi connectivity index (χ0n) is 18.1. The number of nitrogens with one attached hydrogen (secondary N) is 1. The van der Waals surface area contributed by atoms with E-state index in [2.05, 4.69) is 5.32 Å². The highest BCUT2D eigenvalue weighted by Gasteiger charge is 2.57. The van der Waals surface area contributed by atoms with Gasteiger partial charge >= 0.3 is 6.03 Å². The molecule has 32 heavy (non-hydrogen) atoms. The van der Waals surface area contributed by atoms with Crippen molar-refractivity contribution < 1.29 is 19.1 Å². The highest BCUT2D eigenvalue weighted by Crippen LogP contribution is 2.43. The Bertz CT molecular complexity index is 1040. The number of hydrogen-bond acceptors (Lipinski definition) is 4. The Morgan fingerprint density at radius 3 is 2.62 bits per heavy atom. The van der Waals surface area contributed by atoms with E-state index >= 15 is 0 Å². The molecular formula is C25H27N3O4. The Morgan fingerprint density at radius 2 is 1.84 bits per heavy atom. The van der Waals surface area contributed by atoms with Gasteiger partial charge < -0.3 is 15.0 Å². The lowest BCUT2D eigenvalue weighted by Crippen LogP contribution is -2.65. The van der Waals surface area contributed by atoms with E-state index in [0.29, 0.717) is 11.4 Å². The molecule has 1 aliphatic carbocycles. The van der Waals surface area contributed by atoms with E-state index in [1.54, 1.807) is 29.2 Å². The van der Waals surface area contributed by atoms with Crippen molar-refractivity contribution in [2.45, 2.75) is 50.9 Å². The van der Waals surface area contributed by atoms with Crippen LogP contribution in [0, 0.1) is 12.8 Å². The monoisotopic (exact) mass is 433 g/mol. The van der Waals surface area contributed by atoms with Crippen molar-refractivity contribution in [3.8, 4) is 0 Å². The van der Waals surface area contributed by atoms with Crippen molar-refractivity contribution in [3.63, 3.8) is 0 Å². The molecule has 2 aromatic carbocycles. The Hall–Kier alpha value is -3.19. The number of nitrogens with zero attached hydrogens (tertiary/aromatic N) is 2. The minimum Gasteiger partial charge on any atom is -0.363 e. The minimum atomic E-state index is -0.743. The number of ether oxygens (including phenoxy) is 1. The summed E-state index contributed by atoms with van der Waals surface area (Å²) in [7, 11) is 0. The van der Waals surface area contributed by atoms with Gasteiger partial charge in [0.1, 0.15) is 6.54 Å². The molecule has 4 amide bonds. The summed E-state index contributed by atoms with van der Waals surface area (Å²) in [6.45, 7) is 1.83. The zero-order chi connectivity index (χ0) is 22.2. The molecule has 166 valence electrons. The molecule has 1 saturated carbocycles. The number of aryl methyl sites for hydroxylation is 1. The summed E-state index contributed by atoms with van der Waals surface area (Å²) < 4.78 is 6.21. The predicted octanol–water partition coefficient (Wildman–Crippen LogP) is 3.73. The number of amides is 4. The topological polar surface area (TPSA) is 79.0 Å². The molecule has 4 unspecified atom stereocenters. The van der Waals surface area contributed by atoms with E-state index in [1.807, 2.05) is 37.3 Å². The second-order valence-electron chi connectivity index (χ2n) is 8.87. The van der Waals surface area contributed by atoms with E-state index < -0.39 is 18.2 Å². The van der Waals surface area contributed by atoms with Gasteiger partial charge in [0.2, 0.25) is 5.91 Å². The van der Waals surface area contributed by atoms with Gasteiger partial charge in [-0.05, 0) is 49.6 Å². The molecule has 2 heterocycles. The van der Waals surface area contributed by atoms with Gasteiger partial charge in [0.15, 0.2) is 6.10 Å². The number of carbonyl (C=O) groups excluding carboxylic acids is 3. The Labute approximate surface area is 187 Å². The summed E-state index contributed by atoms with van der Waals surface area (Å²) >= 11 is 0. The molecule has 3 fully saturated rings. The molecule has 7 heteroatoms. The average molecular weight is 434 g/mol. The molecule has 0 spiro atoms. The van der Waals surface area contributed by atoms with Crippen LogP contribution in [0.3, 0.4) is 0 Å². The smallest absolute Gasteiger partial charge is 0.332 e. The third kappa shape index (κ3) is 3.66. The number of carbonyl (C=O) groups is 3. The third-order valence-electron chi connectivity index (χ3n) is 6.71. The van der Waals surface area contributed by atoms with Crippen LogP contribution in [-0.2, 0) is 14.3 Å². The van der Waals surface area contributed by atoms with Gasteiger partial charge in [-0.25, -0.2) is 9.69 Å². The first-order valence-corrected chi connectivity index (χ1v) is 11.2. The first-order valence-electron chi connectivity index (χ1n) is 11.2. The van der Waals surface area contributed by atoms with Crippen LogP contribution < -0.4 is 10.2 Å². The highest BCUT2D eigenvalue weighted by atomic mass is 16.5. The van der Waals surface area contributed by atoms with Crippen molar-refractivity contribution in [1.82, 2.24) is 4.90 Å². The summed E-state index contributed by atoms with van der Waals surface area (Å²) in [5.41, 5.74) is 2.21. The Kier molecular flexibility index (Phi) is 5.43. The number of imide groups is 1. The largest absolute Gasteiger partial charge is 0.363 e. The number of urea groups is 1. The highest BCUT2D eigenvalue weighted by molar-refractivity contribution is 6.18. The lowest BCUT2D eigenvalue weighted by molar-refractivity contribution is -0.133. The fourth-order valence-electron chi connectivity index (χ4n) is 5.32. The predicted molar refractivity (Wildman–Crippen MR) is 120 cm³/mol. The summed E-state index contributed by atoms with van der Waals surface area (Å²) in [4.78, 5) is 42.6. The molecular weight excluding hydrogens is 406 g/mol. The molecule has 1 N–H and O–H groups in total. The fraction of sp³-hybridized carbons (Fsp3) is 0.400. The van der Waals surface area contributed by atoms with E-state index in [0.717, 1.165) is 31.2 Å². The summed E-state index contributed by atoms with van der Waals surface area (Å²) in [5.74, 6) is -0.549. The molecule has 7 nitrogen and oxygen atoms in total. The summed E-state index contributed by atoms with van der Waals surface area (Å²) in [6.07, 6.45) is 3.09. The van der Waals surface area contributed by atoms with Crippen LogP contribution in [-0.4, -0.2) is 47.5 Å². The maximum atomic E-state index is 13.6. The second kappa shape index (κ2) is 8.39. The molecule has 2 saturated heterocycles. The Balaban J connectivity index is 1.45. The van der Waals surface area contributed by atoms with Crippen molar-refractivity contribution in [2.24, 2.45) is 5.92 Å². The molecule has 5 rings (SSSR count). The second-order valence-corrected chi connectivity index (χ2v) is 8.87. The molecule has 3 aliphatic rings. The van der Waals surface area contributed by atoms with Crippen LogP contribution in [0.2, 0.25) is 0 Å². The first-order chi connectivity index (χ1) is 15.5. The van der Waals surface area contributed by atoms with E-state index in [9.17, 15) is 14.4 Å². The van der Waals surface area contributed by atoms with Gasteiger partial charge in [0.25, 0.3) is 5.91 Å². The van der Waals surface area contributed by atoms with E-state index in [-0.39, 0.29) is 30.4 Å².